The number of rotatable bonds is 6. The summed E-state index contributed by atoms with van der Waals surface area (Å²) in [5.74, 6) is 0.205. The lowest BCUT2D eigenvalue weighted by atomic mass is 10.1. The molecule has 0 bridgehead atoms. The molecule has 0 atom stereocenters. The number of ether oxygens (including phenoxy) is 2. The van der Waals surface area contributed by atoms with Gasteiger partial charge >= 0.3 is 5.63 Å². The van der Waals surface area contributed by atoms with Crippen LogP contribution in [0.4, 0.5) is 4.39 Å². The molecule has 182 valence electrons. The highest BCUT2D eigenvalue weighted by molar-refractivity contribution is 7.99. The van der Waals surface area contributed by atoms with Gasteiger partial charge in [0.15, 0.2) is 11.3 Å². The smallest absolute Gasteiger partial charge is 0.354 e. The molecule has 0 spiro atoms. The zero-order valence-electron chi connectivity index (χ0n) is 19.3. The van der Waals surface area contributed by atoms with Crippen molar-refractivity contribution in [2.45, 2.75) is 16.3 Å². The molecule has 1 N–H and O–H groups in total. The minimum Gasteiger partial charge on any atom is -0.505 e. The number of nitrogens with zero attached hydrogens (tertiary/aromatic N) is 1. The Labute approximate surface area is 208 Å². The molecule has 0 radical (unpaired) electrons. The van der Waals surface area contributed by atoms with Crippen molar-refractivity contribution in [3.8, 4) is 17.2 Å². The average molecular weight is 506 g/mol. The van der Waals surface area contributed by atoms with Crippen LogP contribution >= 0.6 is 11.8 Å². The van der Waals surface area contributed by atoms with Crippen molar-refractivity contribution in [2.75, 3.05) is 14.2 Å². The van der Waals surface area contributed by atoms with Gasteiger partial charge in [-0.1, -0.05) is 30.0 Å². The van der Waals surface area contributed by atoms with Crippen molar-refractivity contribution in [2.24, 2.45) is 0 Å². The first-order valence-electron chi connectivity index (χ1n) is 10.9. The molecule has 5 rings (SSSR count). The lowest BCUT2D eigenvalue weighted by Gasteiger charge is -2.15. The first-order valence-corrected chi connectivity index (χ1v) is 11.7. The Kier molecular flexibility index (Phi) is 6.15. The van der Waals surface area contributed by atoms with Crippen molar-refractivity contribution >= 4 is 33.6 Å². The fourth-order valence-electron chi connectivity index (χ4n) is 4.00. The van der Waals surface area contributed by atoms with Gasteiger partial charge < -0.3 is 23.6 Å². The van der Waals surface area contributed by atoms with E-state index in [-0.39, 0.29) is 22.4 Å². The van der Waals surface area contributed by atoms with E-state index in [1.165, 1.54) is 30.9 Å². The van der Waals surface area contributed by atoms with Crippen molar-refractivity contribution in [3.05, 3.63) is 98.9 Å². The van der Waals surface area contributed by atoms with Crippen LogP contribution in [0.3, 0.4) is 0 Å². The normalized spacial score (nSPS) is 11.2. The molecule has 2 heterocycles. The third-order valence-corrected chi connectivity index (χ3v) is 6.83. The summed E-state index contributed by atoms with van der Waals surface area (Å²) in [6, 6.07) is 17.7. The molecule has 0 saturated carbocycles. The van der Waals surface area contributed by atoms with E-state index in [2.05, 4.69) is 0 Å². The molecule has 9 heteroatoms. The van der Waals surface area contributed by atoms with Crippen molar-refractivity contribution in [1.29, 1.82) is 0 Å². The summed E-state index contributed by atoms with van der Waals surface area (Å²) in [6.45, 7) is 0.0929. The van der Waals surface area contributed by atoms with Gasteiger partial charge in [0.1, 0.15) is 27.6 Å². The van der Waals surface area contributed by atoms with Crippen LogP contribution in [-0.2, 0) is 6.54 Å². The summed E-state index contributed by atoms with van der Waals surface area (Å²) >= 11 is 0.971. The van der Waals surface area contributed by atoms with Gasteiger partial charge in [-0.25, -0.2) is 9.18 Å². The Hall–Kier alpha value is -4.24. The summed E-state index contributed by atoms with van der Waals surface area (Å²) < 4.78 is 31.1. The van der Waals surface area contributed by atoms with E-state index >= 15 is 0 Å². The number of aromatic hydroxyl groups is 1. The number of aromatic nitrogens is 1. The van der Waals surface area contributed by atoms with Crippen molar-refractivity contribution in [1.82, 2.24) is 4.57 Å². The molecule has 0 fully saturated rings. The Balaban J connectivity index is 1.77. The highest BCUT2D eigenvalue weighted by Crippen LogP contribution is 2.38. The second kappa shape index (κ2) is 9.43. The van der Waals surface area contributed by atoms with Crippen LogP contribution in [0.5, 0.6) is 17.2 Å². The predicted molar refractivity (Wildman–Crippen MR) is 135 cm³/mol. The van der Waals surface area contributed by atoms with Crippen LogP contribution in [0.2, 0.25) is 0 Å². The molecule has 3 aromatic carbocycles. The number of benzene rings is 3. The first kappa shape index (κ1) is 23.5. The summed E-state index contributed by atoms with van der Waals surface area (Å²) in [7, 11) is 3.02. The van der Waals surface area contributed by atoms with E-state index in [1.807, 2.05) is 0 Å². The van der Waals surface area contributed by atoms with Crippen LogP contribution < -0.4 is 20.7 Å². The van der Waals surface area contributed by atoms with Gasteiger partial charge in [-0.05, 0) is 48.0 Å². The van der Waals surface area contributed by atoms with Crippen LogP contribution in [0.15, 0.2) is 90.5 Å². The Morgan fingerprint density at radius 2 is 1.69 bits per heavy atom. The maximum Gasteiger partial charge on any atom is 0.354 e. The lowest BCUT2D eigenvalue weighted by Crippen LogP contribution is -2.23. The highest BCUT2D eigenvalue weighted by atomic mass is 32.2. The van der Waals surface area contributed by atoms with Crippen LogP contribution in [0.25, 0.3) is 21.9 Å². The minimum atomic E-state index is -0.777. The molecular weight excluding hydrogens is 485 g/mol. The minimum absolute atomic E-state index is 0.0227. The second-order valence-electron chi connectivity index (χ2n) is 7.95. The molecule has 5 aromatic rings. The lowest BCUT2D eigenvalue weighted by molar-refractivity contribution is 0.413. The second-order valence-corrected chi connectivity index (χ2v) is 9.04. The molecule has 0 saturated heterocycles. The number of methoxy groups -OCH3 is 2. The maximum atomic E-state index is 13.7. The molecule has 2 aromatic heterocycles. The first-order chi connectivity index (χ1) is 17.4. The third kappa shape index (κ3) is 4.18. The molecule has 7 nitrogen and oxygen atoms in total. The van der Waals surface area contributed by atoms with E-state index in [1.54, 1.807) is 54.6 Å². The zero-order valence-corrected chi connectivity index (χ0v) is 20.1. The number of halogens is 1. The van der Waals surface area contributed by atoms with Gasteiger partial charge in [-0.2, -0.15) is 0 Å². The molecule has 0 aliphatic rings. The SMILES string of the molecule is COc1cccc(Sc2c(O)c3c(=O)n(Cc4ccc(F)cc4)c4cc(OC)ccc4c3oc2=O)c1. The quantitative estimate of drug-likeness (QED) is 0.319. The van der Waals surface area contributed by atoms with E-state index in [4.69, 9.17) is 13.9 Å². The van der Waals surface area contributed by atoms with Crippen LogP contribution in [-0.4, -0.2) is 23.9 Å². The third-order valence-electron chi connectivity index (χ3n) is 5.77. The summed E-state index contributed by atoms with van der Waals surface area (Å²) in [4.78, 5) is 27.2. The Morgan fingerprint density at radius 3 is 2.42 bits per heavy atom. The molecule has 0 amide bonds. The summed E-state index contributed by atoms with van der Waals surface area (Å²) in [5.41, 5.74) is -0.258. The Morgan fingerprint density at radius 1 is 0.972 bits per heavy atom. The summed E-state index contributed by atoms with van der Waals surface area (Å²) in [6.07, 6.45) is 0. The molecular formula is C27H20FNO6S. The van der Waals surface area contributed by atoms with E-state index in [0.717, 1.165) is 11.8 Å². The number of hydrogen-bond acceptors (Lipinski definition) is 7. The van der Waals surface area contributed by atoms with Crippen LogP contribution in [0.1, 0.15) is 5.56 Å². The van der Waals surface area contributed by atoms with E-state index in [9.17, 15) is 19.1 Å². The van der Waals surface area contributed by atoms with Crippen molar-refractivity contribution in [3.63, 3.8) is 0 Å². The molecule has 0 aliphatic heterocycles. The van der Waals surface area contributed by atoms with Gasteiger partial charge in [0.25, 0.3) is 5.56 Å². The maximum absolute atomic E-state index is 13.7. The fourth-order valence-corrected chi connectivity index (χ4v) is 4.88. The number of pyridine rings is 1. The molecule has 0 aliphatic carbocycles. The standard InChI is InChI=1S/C27H20FNO6S/c1-33-17-4-3-5-19(12-17)36-25-23(30)22-24(35-27(25)32)20-11-10-18(34-2)13-21(20)29(26(22)31)14-15-6-8-16(28)9-7-15/h3-13,30H,14H2,1-2H3. The zero-order chi connectivity index (χ0) is 25.4. The number of fused-ring (bicyclic) bond motifs is 3. The topological polar surface area (TPSA) is 90.9 Å². The fraction of sp³-hybridized carbons (Fsp3) is 0.111. The Bertz CT molecular complexity index is 1730. The van der Waals surface area contributed by atoms with Gasteiger partial charge in [0.2, 0.25) is 0 Å². The van der Waals surface area contributed by atoms with Crippen molar-refractivity contribution < 1.29 is 23.4 Å². The average Bonchev–Trinajstić information content (AvgIpc) is 2.89. The van der Waals surface area contributed by atoms with Gasteiger partial charge in [0.05, 0.1) is 26.3 Å². The van der Waals surface area contributed by atoms with Gasteiger partial charge in [0, 0.05) is 16.3 Å². The summed E-state index contributed by atoms with van der Waals surface area (Å²) in [5, 5.41) is 11.5. The molecule has 36 heavy (non-hydrogen) atoms. The van der Waals surface area contributed by atoms with Gasteiger partial charge in [-0.15, -0.1) is 0 Å². The molecule has 0 unspecified atom stereocenters. The largest absolute Gasteiger partial charge is 0.505 e. The van der Waals surface area contributed by atoms with E-state index < -0.39 is 22.8 Å². The predicted octanol–water partition coefficient (Wildman–Crippen LogP) is 5.17. The number of hydrogen-bond donors (Lipinski definition) is 1. The highest BCUT2D eigenvalue weighted by Gasteiger charge is 2.23. The van der Waals surface area contributed by atoms with Gasteiger partial charge in [-0.3, -0.25) is 4.79 Å². The monoisotopic (exact) mass is 505 g/mol. The van der Waals surface area contributed by atoms with Crippen LogP contribution in [0, 0.1) is 5.82 Å². The van der Waals surface area contributed by atoms with E-state index in [0.29, 0.717) is 32.9 Å².